The van der Waals surface area contributed by atoms with Crippen LogP contribution in [0.25, 0.3) is 0 Å². The second-order valence-corrected chi connectivity index (χ2v) is 8.88. The number of oxazole rings is 1. The quantitative estimate of drug-likeness (QED) is 0.803. The molecule has 1 aromatic heterocycles. The molecule has 0 bridgehead atoms. The molecule has 0 aromatic carbocycles. The number of hydrogen-bond acceptors (Lipinski definition) is 5. The molecule has 0 spiro atoms. The van der Waals surface area contributed by atoms with Crippen LogP contribution in [0.15, 0.2) is 4.42 Å². The van der Waals surface area contributed by atoms with Crippen molar-refractivity contribution in [1.29, 1.82) is 0 Å². The minimum atomic E-state index is -3.47. The van der Waals surface area contributed by atoms with Crippen molar-refractivity contribution in [3.63, 3.8) is 0 Å². The van der Waals surface area contributed by atoms with Gasteiger partial charge in [-0.2, -0.15) is 17.0 Å². The first-order valence-electron chi connectivity index (χ1n) is 8.84. The number of aromatic nitrogens is 1. The van der Waals surface area contributed by atoms with Crippen LogP contribution in [0.1, 0.15) is 55.4 Å². The molecule has 1 saturated heterocycles. The summed E-state index contributed by atoms with van der Waals surface area (Å²) in [5, 5.41) is 0. The van der Waals surface area contributed by atoms with E-state index in [0.29, 0.717) is 38.6 Å². The highest BCUT2D eigenvalue weighted by atomic mass is 32.2. The third-order valence-electron chi connectivity index (χ3n) is 5.47. The first-order chi connectivity index (χ1) is 11.6. The molecular weight excluding hydrogens is 330 g/mol. The third-order valence-corrected chi connectivity index (χ3v) is 7.51. The van der Waals surface area contributed by atoms with Crippen molar-refractivity contribution in [1.82, 2.24) is 13.6 Å². The lowest BCUT2D eigenvalue weighted by atomic mass is 9.85. The van der Waals surface area contributed by atoms with Crippen LogP contribution in [0.2, 0.25) is 0 Å². The molecule has 2 aliphatic heterocycles. The van der Waals surface area contributed by atoms with E-state index in [2.05, 4.69) is 4.98 Å². The second kappa shape index (κ2) is 6.40. The normalized spacial score (nSPS) is 26.5. The van der Waals surface area contributed by atoms with Gasteiger partial charge in [0, 0.05) is 38.6 Å². The molecule has 2 fully saturated rings. The Labute approximate surface area is 143 Å². The number of ether oxygens (including phenoxy) is 1. The minimum absolute atomic E-state index is 0.0516. The molecule has 7 nitrogen and oxygen atoms in total. The smallest absolute Gasteiger partial charge is 0.282 e. The van der Waals surface area contributed by atoms with Crippen LogP contribution >= 0.6 is 0 Å². The van der Waals surface area contributed by atoms with E-state index in [-0.39, 0.29) is 6.04 Å². The Morgan fingerprint density at radius 2 is 2.08 bits per heavy atom. The summed E-state index contributed by atoms with van der Waals surface area (Å²) in [6, 6.07) is -0.0516. The molecule has 0 N–H and O–H groups in total. The Balaban J connectivity index is 1.51. The van der Waals surface area contributed by atoms with Crippen LogP contribution in [0.4, 0.5) is 0 Å². The van der Waals surface area contributed by atoms with Gasteiger partial charge in [-0.15, -0.1) is 0 Å². The maximum atomic E-state index is 13.0. The van der Waals surface area contributed by atoms with Gasteiger partial charge in [-0.25, -0.2) is 4.98 Å². The molecule has 1 aliphatic carbocycles. The van der Waals surface area contributed by atoms with Gasteiger partial charge < -0.3 is 9.15 Å². The fourth-order valence-corrected chi connectivity index (χ4v) is 5.65. The van der Waals surface area contributed by atoms with Crippen LogP contribution in [-0.2, 0) is 27.9 Å². The number of nitrogens with zero attached hydrogens (tertiary/aromatic N) is 3. The maximum Gasteiger partial charge on any atom is 0.282 e. The summed E-state index contributed by atoms with van der Waals surface area (Å²) in [4.78, 5) is 4.60. The fourth-order valence-electron chi connectivity index (χ4n) is 3.84. The minimum Gasteiger partial charge on any atom is -0.445 e. The highest BCUT2D eigenvalue weighted by Gasteiger charge is 2.40. The third kappa shape index (κ3) is 2.79. The summed E-state index contributed by atoms with van der Waals surface area (Å²) >= 11 is 0. The van der Waals surface area contributed by atoms with Gasteiger partial charge in [-0.05, 0) is 25.7 Å². The van der Waals surface area contributed by atoms with E-state index in [4.69, 9.17) is 9.15 Å². The molecule has 3 heterocycles. The molecule has 4 rings (SSSR count). The molecule has 1 saturated carbocycles. The molecule has 1 aromatic rings. The van der Waals surface area contributed by atoms with E-state index < -0.39 is 10.2 Å². The van der Waals surface area contributed by atoms with E-state index in [1.165, 1.54) is 6.42 Å². The number of methoxy groups -OCH3 is 1. The first-order valence-corrected chi connectivity index (χ1v) is 10.2. The lowest BCUT2D eigenvalue weighted by Crippen LogP contribution is -2.48. The van der Waals surface area contributed by atoms with E-state index in [9.17, 15) is 8.42 Å². The Hall–Kier alpha value is -0.960. The van der Waals surface area contributed by atoms with Crippen molar-refractivity contribution in [2.45, 2.75) is 57.0 Å². The van der Waals surface area contributed by atoms with Crippen LogP contribution in [-0.4, -0.2) is 54.9 Å². The molecule has 134 valence electrons. The molecular formula is C16H25N3O4S. The largest absolute Gasteiger partial charge is 0.445 e. The van der Waals surface area contributed by atoms with Crippen molar-refractivity contribution in [2.75, 3.05) is 26.8 Å². The van der Waals surface area contributed by atoms with Gasteiger partial charge in [0.2, 0.25) is 0 Å². The SMILES string of the molecule is COCC1CCCN1S(=O)(=O)N1CCc2oc(C3CCC3)nc2C1. The molecule has 3 aliphatic rings. The van der Waals surface area contributed by atoms with Crippen molar-refractivity contribution >= 4 is 10.2 Å². The predicted octanol–water partition coefficient (Wildman–Crippen LogP) is 1.66. The van der Waals surface area contributed by atoms with Crippen LogP contribution in [0.3, 0.4) is 0 Å². The number of fused-ring (bicyclic) bond motifs is 1. The summed E-state index contributed by atoms with van der Waals surface area (Å²) in [6.07, 6.45) is 5.86. The first kappa shape index (κ1) is 16.5. The second-order valence-electron chi connectivity index (χ2n) is 7.00. The zero-order chi connectivity index (χ0) is 16.7. The highest BCUT2D eigenvalue weighted by Crippen LogP contribution is 2.37. The summed E-state index contributed by atoms with van der Waals surface area (Å²) < 4.78 is 40.3. The van der Waals surface area contributed by atoms with E-state index >= 15 is 0 Å². The van der Waals surface area contributed by atoms with Crippen molar-refractivity contribution in [3.05, 3.63) is 17.3 Å². The maximum absolute atomic E-state index is 13.0. The highest BCUT2D eigenvalue weighted by molar-refractivity contribution is 7.86. The van der Waals surface area contributed by atoms with Gasteiger partial charge in [0.05, 0.1) is 18.8 Å². The molecule has 0 radical (unpaired) electrons. The zero-order valence-electron chi connectivity index (χ0n) is 14.1. The molecule has 1 unspecified atom stereocenters. The van der Waals surface area contributed by atoms with Crippen LogP contribution < -0.4 is 0 Å². The van der Waals surface area contributed by atoms with E-state index in [0.717, 1.165) is 43.0 Å². The van der Waals surface area contributed by atoms with Crippen molar-refractivity contribution in [3.8, 4) is 0 Å². The van der Waals surface area contributed by atoms with Crippen LogP contribution in [0.5, 0.6) is 0 Å². The standard InChI is InChI=1S/C16H25N3O4S/c1-22-11-13-6-3-8-19(13)24(20,21)18-9-7-15-14(10-18)17-16(23-15)12-4-2-5-12/h12-13H,2-11H2,1H3. The van der Waals surface area contributed by atoms with E-state index in [1.807, 2.05) is 0 Å². The van der Waals surface area contributed by atoms with Gasteiger partial charge in [-0.3, -0.25) is 0 Å². The van der Waals surface area contributed by atoms with Gasteiger partial charge in [0.25, 0.3) is 10.2 Å². The monoisotopic (exact) mass is 355 g/mol. The lowest BCUT2D eigenvalue weighted by molar-refractivity contribution is 0.145. The topological polar surface area (TPSA) is 75.9 Å². The van der Waals surface area contributed by atoms with Gasteiger partial charge in [-0.1, -0.05) is 6.42 Å². The summed E-state index contributed by atoms with van der Waals surface area (Å²) in [6.45, 7) is 1.81. The number of hydrogen-bond donors (Lipinski definition) is 0. The Morgan fingerprint density at radius 3 is 2.79 bits per heavy atom. The zero-order valence-corrected chi connectivity index (χ0v) is 14.9. The summed E-state index contributed by atoms with van der Waals surface area (Å²) in [5.74, 6) is 2.12. The fraction of sp³-hybridized carbons (Fsp3) is 0.812. The average molecular weight is 355 g/mol. The lowest BCUT2D eigenvalue weighted by Gasteiger charge is -2.32. The van der Waals surface area contributed by atoms with E-state index in [1.54, 1.807) is 15.7 Å². The Morgan fingerprint density at radius 1 is 1.25 bits per heavy atom. The molecule has 24 heavy (non-hydrogen) atoms. The summed E-state index contributed by atoms with van der Waals surface area (Å²) in [7, 11) is -1.85. The molecule has 1 atom stereocenters. The summed E-state index contributed by atoms with van der Waals surface area (Å²) in [5.41, 5.74) is 0.800. The Bertz CT molecular complexity index is 698. The average Bonchev–Trinajstić information content (AvgIpc) is 3.11. The van der Waals surface area contributed by atoms with Gasteiger partial charge in [0.15, 0.2) is 5.89 Å². The van der Waals surface area contributed by atoms with Gasteiger partial charge in [0.1, 0.15) is 5.76 Å². The van der Waals surface area contributed by atoms with Crippen LogP contribution in [0, 0.1) is 0 Å². The molecule has 0 amide bonds. The molecule has 8 heteroatoms. The predicted molar refractivity (Wildman–Crippen MR) is 87.7 cm³/mol. The Kier molecular flexibility index (Phi) is 4.40. The van der Waals surface area contributed by atoms with Crippen molar-refractivity contribution < 1.29 is 17.6 Å². The van der Waals surface area contributed by atoms with Crippen molar-refractivity contribution in [2.24, 2.45) is 0 Å². The van der Waals surface area contributed by atoms with Gasteiger partial charge >= 0.3 is 0 Å². The number of rotatable bonds is 5.